The molecule has 0 atom stereocenters. The van der Waals surface area contributed by atoms with E-state index < -0.39 is 0 Å². The summed E-state index contributed by atoms with van der Waals surface area (Å²) in [4.78, 5) is 2.57. The van der Waals surface area contributed by atoms with Crippen molar-refractivity contribution in [1.82, 2.24) is 4.90 Å². The van der Waals surface area contributed by atoms with Gasteiger partial charge in [0, 0.05) is 23.2 Å². The van der Waals surface area contributed by atoms with Gasteiger partial charge in [-0.05, 0) is 50.6 Å². The van der Waals surface area contributed by atoms with Crippen LogP contribution in [0.1, 0.15) is 44.1 Å². The van der Waals surface area contributed by atoms with Crippen LogP contribution < -0.4 is 10.5 Å². The van der Waals surface area contributed by atoms with Crippen molar-refractivity contribution in [1.29, 1.82) is 0 Å². The van der Waals surface area contributed by atoms with Crippen LogP contribution in [0, 0.1) is 0 Å². The summed E-state index contributed by atoms with van der Waals surface area (Å²) < 4.78 is 5.48. The molecule has 0 amide bonds. The standard InChI is InChI=1S/C17H27ClN2O/c1-21-17-9-8-15(18)12-14(17)13-20(11-5-10-19)16-6-3-2-4-7-16/h8-9,12,16H,2-7,10-11,13,19H2,1H3. The Balaban J connectivity index is 2.11. The number of rotatable bonds is 7. The Morgan fingerprint density at radius 1 is 1.29 bits per heavy atom. The molecule has 0 aliphatic heterocycles. The van der Waals surface area contributed by atoms with Crippen LogP contribution in [-0.2, 0) is 6.54 Å². The van der Waals surface area contributed by atoms with Gasteiger partial charge in [-0.1, -0.05) is 30.9 Å². The van der Waals surface area contributed by atoms with Gasteiger partial charge in [0.05, 0.1) is 7.11 Å². The van der Waals surface area contributed by atoms with E-state index in [9.17, 15) is 0 Å². The summed E-state index contributed by atoms with van der Waals surface area (Å²) in [7, 11) is 1.72. The number of ether oxygens (including phenoxy) is 1. The number of halogens is 1. The van der Waals surface area contributed by atoms with Crippen LogP contribution in [0.4, 0.5) is 0 Å². The number of nitrogens with zero attached hydrogens (tertiary/aromatic N) is 1. The summed E-state index contributed by atoms with van der Waals surface area (Å²) >= 11 is 6.15. The summed E-state index contributed by atoms with van der Waals surface area (Å²) in [6.45, 7) is 2.70. The van der Waals surface area contributed by atoms with Crippen LogP contribution in [0.5, 0.6) is 5.75 Å². The molecule has 0 saturated heterocycles. The molecule has 0 unspecified atom stereocenters. The summed E-state index contributed by atoms with van der Waals surface area (Å²) in [6.07, 6.45) is 7.70. The van der Waals surface area contributed by atoms with E-state index in [-0.39, 0.29) is 0 Å². The van der Waals surface area contributed by atoms with Crippen LogP contribution >= 0.6 is 11.6 Å². The minimum Gasteiger partial charge on any atom is -0.496 e. The zero-order valence-electron chi connectivity index (χ0n) is 13.0. The summed E-state index contributed by atoms with van der Waals surface area (Å²) in [5, 5.41) is 0.771. The molecule has 1 aromatic rings. The van der Waals surface area contributed by atoms with Crippen molar-refractivity contribution in [2.24, 2.45) is 5.73 Å². The molecule has 2 N–H and O–H groups in total. The van der Waals surface area contributed by atoms with Gasteiger partial charge in [0.15, 0.2) is 0 Å². The second-order valence-electron chi connectivity index (χ2n) is 5.86. The molecule has 2 rings (SSSR count). The number of nitrogens with two attached hydrogens (primary N) is 1. The van der Waals surface area contributed by atoms with Crippen molar-refractivity contribution < 1.29 is 4.74 Å². The third-order valence-corrected chi connectivity index (χ3v) is 4.59. The van der Waals surface area contributed by atoms with Crippen molar-refractivity contribution in [2.75, 3.05) is 20.2 Å². The van der Waals surface area contributed by atoms with E-state index in [1.54, 1.807) is 7.11 Å². The first-order valence-corrected chi connectivity index (χ1v) is 8.39. The molecule has 0 bridgehead atoms. The van der Waals surface area contributed by atoms with Crippen molar-refractivity contribution in [3.63, 3.8) is 0 Å². The minimum absolute atomic E-state index is 0.675. The number of hydrogen-bond acceptors (Lipinski definition) is 3. The fourth-order valence-corrected chi connectivity index (χ4v) is 3.42. The lowest BCUT2D eigenvalue weighted by Crippen LogP contribution is -2.37. The molecule has 1 saturated carbocycles. The molecular formula is C17H27ClN2O. The van der Waals surface area contributed by atoms with Crippen molar-refractivity contribution >= 4 is 11.6 Å². The Kier molecular flexibility index (Phi) is 6.81. The summed E-state index contributed by atoms with van der Waals surface area (Å²) in [5.74, 6) is 0.924. The normalized spacial score (nSPS) is 16.4. The summed E-state index contributed by atoms with van der Waals surface area (Å²) in [6, 6.07) is 6.54. The van der Waals surface area contributed by atoms with E-state index in [1.165, 1.54) is 37.7 Å². The predicted octanol–water partition coefficient (Wildman–Crippen LogP) is 3.83. The van der Waals surface area contributed by atoms with E-state index in [1.807, 2.05) is 18.2 Å². The zero-order valence-corrected chi connectivity index (χ0v) is 13.7. The molecule has 0 heterocycles. The van der Waals surface area contributed by atoms with Gasteiger partial charge in [0.1, 0.15) is 5.75 Å². The first-order valence-electron chi connectivity index (χ1n) is 8.01. The van der Waals surface area contributed by atoms with Crippen LogP contribution in [0.2, 0.25) is 5.02 Å². The van der Waals surface area contributed by atoms with Crippen molar-refractivity contribution in [2.45, 2.75) is 51.1 Å². The molecule has 118 valence electrons. The van der Waals surface area contributed by atoms with Gasteiger partial charge in [-0.3, -0.25) is 4.90 Å². The Morgan fingerprint density at radius 2 is 2.05 bits per heavy atom. The highest BCUT2D eigenvalue weighted by Crippen LogP contribution is 2.28. The second kappa shape index (κ2) is 8.62. The predicted molar refractivity (Wildman–Crippen MR) is 89.0 cm³/mol. The van der Waals surface area contributed by atoms with Gasteiger partial charge in [0.2, 0.25) is 0 Å². The quantitative estimate of drug-likeness (QED) is 0.831. The molecule has 3 nitrogen and oxygen atoms in total. The van der Waals surface area contributed by atoms with E-state index in [4.69, 9.17) is 22.1 Å². The lowest BCUT2D eigenvalue weighted by molar-refractivity contribution is 0.146. The van der Waals surface area contributed by atoms with E-state index in [0.717, 1.165) is 36.8 Å². The fourth-order valence-electron chi connectivity index (χ4n) is 3.22. The van der Waals surface area contributed by atoms with E-state index in [2.05, 4.69) is 4.90 Å². The Labute approximate surface area is 133 Å². The van der Waals surface area contributed by atoms with Gasteiger partial charge in [0.25, 0.3) is 0 Å². The third kappa shape index (κ3) is 4.87. The average Bonchev–Trinajstić information content (AvgIpc) is 2.52. The smallest absolute Gasteiger partial charge is 0.123 e. The van der Waals surface area contributed by atoms with Gasteiger partial charge in [-0.15, -0.1) is 0 Å². The van der Waals surface area contributed by atoms with E-state index in [0.29, 0.717) is 6.04 Å². The minimum atomic E-state index is 0.675. The highest BCUT2D eigenvalue weighted by atomic mass is 35.5. The highest BCUT2D eigenvalue weighted by molar-refractivity contribution is 6.30. The topological polar surface area (TPSA) is 38.5 Å². The molecule has 0 spiro atoms. The molecule has 1 aliphatic carbocycles. The fraction of sp³-hybridized carbons (Fsp3) is 0.647. The second-order valence-corrected chi connectivity index (χ2v) is 6.30. The number of benzene rings is 1. The average molecular weight is 311 g/mol. The van der Waals surface area contributed by atoms with Gasteiger partial charge in [-0.25, -0.2) is 0 Å². The number of methoxy groups -OCH3 is 1. The van der Waals surface area contributed by atoms with Crippen LogP contribution in [0.3, 0.4) is 0 Å². The van der Waals surface area contributed by atoms with Gasteiger partial charge < -0.3 is 10.5 Å². The maximum absolute atomic E-state index is 6.15. The monoisotopic (exact) mass is 310 g/mol. The molecule has 21 heavy (non-hydrogen) atoms. The molecule has 4 heteroatoms. The van der Waals surface area contributed by atoms with Crippen molar-refractivity contribution in [3.05, 3.63) is 28.8 Å². The first-order chi connectivity index (χ1) is 10.2. The Morgan fingerprint density at radius 3 is 2.71 bits per heavy atom. The zero-order chi connectivity index (χ0) is 15.1. The van der Waals surface area contributed by atoms with Crippen LogP contribution in [0.25, 0.3) is 0 Å². The molecule has 1 aromatic carbocycles. The molecule has 1 fully saturated rings. The van der Waals surface area contributed by atoms with Gasteiger partial charge in [-0.2, -0.15) is 0 Å². The van der Waals surface area contributed by atoms with Crippen LogP contribution in [0.15, 0.2) is 18.2 Å². The lowest BCUT2D eigenvalue weighted by atomic mass is 9.93. The molecule has 0 radical (unpaired) electrons. The van der Waals surface area contributed by atoms with Crippen LogP contribution in [-0.4, -0.2) is 31.1 Å². The van der Waals surface area contributed by atoms with E-state index >= 15 is 0 Å². The third-order valence-electron chi connectivity index (χ3n) is 4.36. The van der Waals surface area contributed by atoms with Gasteiger partial charge >= 0.3 is 0 Å². The maximum atomic E-state index is 6.15. The lowest BCUT2D eigenvalue weighted by Gasteiger charge is -2.34. The maximum Gasteiger partial charge on any atom is 0.123 e. The molecule has 1 aliphatic rings. The Bertz CT molecular complexity index is 433. The molecule has 0 aromatic heterocycles. The SMILES string of the molecule is COc1ccc(Cl)cc1CN(CCCN)C1CCCCC1. The molecular weight excluding hydrogens is 284 g/mol. The first kappa shape index (κ1) is 16.6. The highest BCUT2D eigenvalue weighted by Gasteiger charge is 2.21. The number of hydrogen-bond donors (Lipinski definition) is 1. The largest absolute Gasteiger partial charge is 0.496 e. The Hall–Kier alpha value is -0.770. The summed E-state index contributed by atoms with van der Waals surface area (Å²) in [5.41, 5.74) is 6.88. The van der Waals surface area contributed by atoms with Crippen molar-refractivity contribution in [3.8, 4) is 5.75 Å².